The minimum atomic E-state index is -1.89. The minimum absolute atomic E-state index is 0.0858. The summed E-state index contributed by atoms with van der Waals surface area (Å²) in [7, 11) is 0. The molecule has 5 heterocycles. The van der Waals surface area contributed by atoms with Crippen LogP contribution in [0.3, 0.4) is 0 Å². The fourth-order valence-corrected chi connectivity index (χ4v) is 17.3. The van der Waals surface area contributed by atoms with Crippen LogP contribution in [0, 0.1) is 50.2 Å². The van der Waals surface area contributed by atoms with Crippen LogP contribution in [0.25, 0.3) is 0 Å². The van der Waals surface area contributed by atoms with Crippen molar-refractivity contribution in [3.8, 4) is 0 Å². The van der Waals surface area contributed by atoms with Crippen molar-refractivity contribution in [2.75, 3.05) is 26.4 Å². The van der Waals surface area contributed by atoms with Crippen LogP contribution >= 0.6 is 0 Å². The van der Waals surface area contributed by atoms with Crippen molar-refractivity contribution >= 4 is 5.97 Å². The smallest absolute Gasteiger partial charge is 0.315 e. The van der Waals surface area contributed by atoms with E-state index in [4.69, 9.17) is 47.4 Å². The molecule has 476 valence electrons. The molecule has 5 saturated heterocycles. The fraction of sp³-hybridized carbons (Fsp3) is 0.948. The maximum atomic E-state index is 14.8. The van der Waals surface area contributed by atoms with E-state index in [1.165, 1.54) is 12.5 Å². The Hall–Kier alpha value is -1.71. The Morgan fingerprint density at radius 1 is 0.554 bits per heavy atom. The number of rotatable bonds is 12. The van der Waals surface area contributed by atoms with Gasteiger partial charge in [0.2, 0.25) is 6.29 Å². The normalized spacial score (nSPS) is 54.2. The van der Waals surface area contributed by atoms with Crippen molar-refractivity contribution in [3.05, 3.63) is 11.6 Å². The molecule has 10 rings (SSSR count). The van der Waals surface area contributed by atoms with Crippen LogP contribution in [0.5, 0.6) is 0 Å². The molecule has 0 aromatic carbocycles. The summed E-state index contributed by atoms with van der Waals surface area (Å²) in [6.07, 6.45) is -27.0. The standard InChI is InChI=1S/C58H94O25/c1-24-34(62)45(81-47-41(69)38(66)30(23-75-47)79-48-42(70)39(67)36(64)28(20-59)77-48)44(72)50(76-24)82-46-35(63)27(61)22-74-51(46)80-33-12-13-55(6)31(54(33,4)5)11-14-57(8)32(55)10-9-25-26-19-53(2,3)15-17-58(26,18-16-56(25,57)7)52(73)83-49-43(71)40(68)37(65)29(21-60)78-49/h9,24,26-51,59-72H,10-23H2,1-8H3. The minimum Gasteiger partial charge on any atom is -0.432 e. The van der Waals surface area contributed by atoms with Crippen LogP contribution in [-0.2, 0) is 52.2 Å². The van der Waals surface area contributed by atoms with Gasteiger partial charge in [-0.3, -0.25) is 4.79 Å². The van der Waals surface area contributed by atoms with Crippen LogP contribution < -0.4 is 0 Å². The van der Waals surface area contributed by atoms with Crippen LogP contribution in [0.4, 0.5) is 0 Å². The van der Waals surface area contributed by atoms with Gasteiger partial charge in [-0.1, -0.05) is 60.1 Å². The zero-order valence-electron chi connectivity index (χ0n) is 48.8. The molecule has 14 N–H and O–H groups in total. The quantitative estimate of drug-likeness (QED) is 0.0576. The van der Waals surface area contributed by atoms with E-state index < -0.39 is 184 Å². The Bertz CT molecular complexity index is 2310. The first kappa shape index (κ1) is 64.3. The summed E-state index contributed by atoms with van der Waals surface area (Å²) in [6, 6.07) is 0. The van der Waals surface area contributed by atoms with E-state index in [1.54, 1.807) is 0 Å². The Labute approximate surface area is 483 Å². The van der Waals surface area contributed by atoms with Gasteiger partial charge in [-0.25, -0.2) is 0 Å². The van der Waals surface area contributed by atoms with E-state index >= 15 is 0 Å². The number of esters is 1. The van der Waals surface area contributed by atoms with Gasteiger partial charge in [0.15, 0.2) is 25.2 Å². The van der Waals surface area contributed by atoms with E-state index in [2.05, 4.69) is 54.5 Å². The lowest BCUT2D eigenvalue weighted by Crippen LogP contribution is -2.66. The number of aliphatic hydroxyl groups is 14. The lowest BCUT2D eigenvalue weighted by Gasteiger charge is -2.71. The Kier molecular flexibility index (Phi) is 18.3. The first-order chi connectivity index (χ1) is 38.9. The summed E-state index contributed by atoms with van der Waals surface area (Å²) in [5.74, 6) is -0.298. The number of fused-ring (bicyclic) bond motifs is 7. The number of allylic oxidation sites excluding steroid dienone is 2. The first-order valence-corrected chi connectivity index (χ1v) is 30.0. The number of aliphatic hydroxyl groups excluding tert-OH is 14. The average molecular weight is 1190 g/mol. The molecule has 83 heavy (non-hydrogen) atoms. The average Bonchev–Trinajstić information content (AvgIpc) is 0.782. The molecule has 0 aromatic rings. The summed E-state index contributed by atoms with van der Waals surface area (Å²) < 4.78 is 59.6. The molecule has 0 bridgehead atoms. The molecule has 9 fully saturated rings. The number of carbonyl (C=O) groups is 1. The van der Waals surface area contributed by atoms with E-state index in [0.717, 1.165) is 38.5 Å². The molecule has 10 aliphatic rings. The van der Waals surface area contributed by atoms with Crippen LogP contribution in [0.1, 0.15) is 120 Å². The molecular formula is C58H94O25. The molecule has 0 spiro atoms. The highest BCUT2D eigenvalue weighted by Gasteiger charge is 2.70. The zero-order valence-corrected chi connectivity index (χ0v) is 48.8. The van der Waals surface area contributed by atoms with E-state index in [1.807, 2.05) is 0 Å². The highest BCUT2D eigenvalue weighted by atomic mass is 16.8. The third kappa shape index (κ3) is 10.8. The molecule has 4 saturated carbocycles. The molecule has 25 nitrogen and oxygen atoms in total. The summed E-state index contributed by atoms with van der Waals surface area (Å²) in [6.45, 7) is 15.4. The van der Waals surface area contributed by atoms with Crippen LogP contribution in [-0.4, -0.2) is 251 Å². The number of hydrogen-bond acceptors (Lipinski definition) is 25. The van der Waals surface area contributed by atoms with Crippen molar-refractivity contribution in [2.24, 2.45) is 50.2 Å². The predicted octanol–water partition coefficient (Wildman–Crippen LogP) is -1.91. The predicted molar refractivity (Wildman–Crippen MR) is 282 cm³/mol. The summed E-state index contributed by atoms with van der Waals surface area (Å²) in [5, 5.41) is 150. The third-order valence-corrected chi connectivity index (χ3v) is 22.7. The van der Waals surface area contributed by atoms with Gasteiger partial charge in [-0.05, 0) is 116 Å². The largest absolute Gasteiger partial charge is 0.432 e. The highest BCUT2D eigenvalue weighted by Crippen LogP contribution is 2.76. The van der Waals surface area contributed by atoms with Gasteiger partial charge in [-0.2, -0.15) is 0 Å². The van der Waals surface area contributed by atoms with Gasteiger partial charge in [0, 0.05) is 0 Å². The maximum Gasteiger partial charge on any atom is 0.315 e. The van der Waals surface area contributed by atoms with Crippen molar-refractivity contribution in [1.29, 1.82) is 0 Å². The number of carbonyl (C=O) groups excluding carboxylic acids is 1. The molecule has 31 atom stereocenters. The molecular weight excluding hydrogens is 1100 g/mol. The zero-order chi connectivity index (χ0) is 60.4. The van der Waals surface area contributed by atoms with Gasteiger partial charge in [-0.15, -0.1) is 0 Å². The molecule has 0 amide bonds. The second kappa shape index (κ2) is 23.6. The first-order valence-electron chi connectivity index (χ1n) is 30.0. The summed E-state index contributed by atoms with van der Waals surface area (Å²) >= 11 is 0. The van der Waals surface area contributed by atoms with Gasteiger partial charge >= 0.3 is 5.97 Å². The van der Waals surface area contributed by atoms with Crippen molar-refractivity contribution in [1.82, 2.24) is 0 Å². The fourth-order valence-electron chi connectivity index (χ4n) is 17.3. The lowest BCUT2D eigenvalue weighted by molar-refractivity contribution is -0.382. The molecule has 5 aliphatic carbocycles. The van der Waals surface area contributed by atoms with Crippen LogP contribution in [0.15, 0.2) is 11.6 Å². The molecule has 31 unspecified atom stereocenters. The number of ether oxygens (including phenoxy) is 10. The Balaban J connectivity index is 0.819. The van der Waals surface area contributed by atoms with Gasteiger partial charge in [0.05, 0.1) is 44.1 Å². The van der Waals surface area contributed by atoms with Gasteiger partial charge in [0.1, 0.15) is 104 Å². The Morgan fingerprint density at radius 2 is 1.14 bits per heavy atom. The maximum absolute atomic E-state index is 14.8. The second-order valence-electron chi connectivity index (χ2n) is 28.2. The topological polar surface area (TPSA) is 393 Å². The van der Waals surface area contributed by atoms with E-state index in [9.17, 15) is 76.3 Å². The monoisotopic (exact) mass is 1190 g/mol. The van der Waals surface area contributed by atoms with Crippen molar-refractivity contribution < 1.29 is 124 Å². The van der Waals surface area contributed by atoms with Crippen molar-refractivity contribution in [3.63, 3.8) is 0 Å². The van der Waals surface area contributed by atoms with E-state index in [-0.39, 0.29) is 46.0 Å². The van der Waals surface area contributed by atoms with Crippen molar-refractivity contribution in [2.45, 2.75) is 267 Å². The number of hydrogen-bond donors (Lipinski definition) is 14. The van der Waals surface area contributed by atoms with E-state index in [0.29, 0.717) is 25.7 Å². The third-order valence-electron chi connectivity index (χ3n) is 22.7. The molecule has 0 aromatic heterocycles. The summed E-state index contributed by atoms with van der Waals surface area (Å²) in [4.78, 5) is 14.8. The molecule has 0 radical (unpaired) electrons. The summed E-state index contributed by atoms with van der Waals surface area (Å²) in [5.41, 5.74) is -0.888. The van der Waals surface area contributed by atoms with Gasteiger partial charge in [0.25, 0.3) is 0 Å². The van der Waals surface area contributed by atoms with Crippen LogP contribution in [0.2, 0.25) is 0 Å². The molecule has 25 heteroatoms. The second-order valence-corrected chi connectivity index (χ2v) is 28.2. The molecule has 5 aliphatic heterocycles. The Morgan fingerprint density at radius 3 is 1.81 bits per heavy atom. The van der Waals surface area contributed by atoms with Gasteiger partial charge < -0.3 is 119 Å². The lowest BCUT2D eigenvalue weighted by atomic mass is 9.33. The highest BCUT2D eigenvalue weighted by molar-refractivity contribution is 5.79. The SMILES string of the molecule is CC1OC(OC2C(OC3CCC4(C)C(CCC5(C)C4CC=C4C6CC(C)(C)CCC6(C(=O)OC6OC(CO)C(O)C(O)C6O)CCC45C)C3(C)C)OCC(O)C2O)C(O)C(OC2OCC(OC3OC(CO)C(O)C(O)C3O)C(O)C2O)C1O.